The summed E-state index contributed by atoms with van der Waals surface area (Å²) in [5.41, 5.74) is 0.701. The van der Waals surface area contributed by atoms with Crippen LogP contribution in [0.15, 0.2) is 11.6 Å². The largest absolute Gasteiger partial charge is 0.452 e. The van der Waals surface area contributed by atoms with Crippen LogP contribution in [0.1, 0.15) is 19.8 Å². The molecule has 11 heavy (non-hydrogen) atoms. The topological polar surface area (TPSA) is 46.5 Å². The molecule has 0 amide bonds. The number of hydrogen-bond donors (Lipinski definition) is 1. The Bertz CT molecular complexity index is 184. The van der Waals surface area contributed by atoms with Gasteiger partial charge in [0.1, 0.15) is 6.10 Å². The normalized spacial score (nSPS) is 23.3. The van der Waals surface area contributed by atoms with E-state index in [0.29, 0.717) is 5.57 Å². The number of rotatable bonds is 3. The van der Waals surface area contributed by atoms with Gasteiger partial charge in [0, 0.05) is 5.57 Å². The van der Waals surface area contributed by atoms with Gasteiger partial charge in [0.05, 0.1) is 6.61 Å². The smallest absolute Gasteiger partial charge is 0.334 e. The molecule has 0 aromatic carbocycles. The van der Waals surface area contributed by atoms with Crippen LogP contribution in [0.4, 0.5) is 0 Å². The molecule has 1 N–H and O–H groups in total. The minimum absolute atomic E-state index is 0.112. The molecule has 1 heterocycles. The number of esters is 1. The highest BCUT2D eigenvalue weighted by molar-refractivity contribution is 5.90. The highest BCUT2D eigenvalue weighted by Crippen LogP contribution is 2.17. The predicted molar refractivity (Wildman–Crippen MR) is 40.0 cm³/mol. The van der Waals surface area contributed by atoms with Crippen molar-refractivity contribution in [3.05, 3.63) is 11.6 Å². The molecule has 0 fully saturated rings. The van der Waals surface area contributed by atoms with Crippen molar-refractivity contribution < 1.29 is 14.6 Å². The molecule has 1 aliphatic heterocycles. The van der Waals surface area contributed by atoms with Crippen molar-refractivity contribution in [2.75, 3.05) is 6.61 Å². The van der Waals surface area contributed by atoms with E-state index in [1.54, 1.807) is 6.08 Å². The third-order valence-corrected chi connectivity index (χ3v) is 1.61. The van der Waals surface area contributed by atoms with Gasteiger partial charge in [-0.05, 0) is 12.5 Å². The Labute approximate surface area is 65.7 Å². The van der Waals surface area contributed by atoms with E-state index in [9.17, 15) is 4.79 Å². The number of hydrogen-bond acceptors (Lipinski definition) is 3. The van der Waals surface area contributed by atoms with E-state index in [0.717, 1.165) is 12.8 Å². The average Bonchev–Trinajstić information content (AvgIpc) is 2.33. The molecule has 1 atom stereocenters. The van der Waals surface area contributed by atoms with Gasteiger partial charge in [0.2, 0.25) is 0 Å². The quantitative estimate of drug-likeness (QED) is 0.609. The molecule has 0 aliphatic carbocycles. The van der Waals surface area contributed by atoms with E-state index < -0.39 is 6.10 Å². The van der Waals surface area contributed by atoms with Gasteiger partial charge in [-0.25, -0.2) is 4.79 Å². The van der Waals surface area contributed by atoms with Gasteiger partial charge in [0.15, 0.2) is 0 Å². The lowest BCUT2D eigenvalue weighted by Gasteiger charge is -2.01. The summed E-state index contributed by atoms with van der Waals surface area (Å²) in [5, 5.41) is 8.65. The van der Waals surface area contributed by atoms with Crippen molar-refractivity contribution in [1.29, 1.82) is 0 Å². The summed E-state index contributed by atoms with van der Waals surface area (Å²) in [4.78, 5) is 10.9. The van der Waals surface area contributed by atoms with Crippen LogP contribution >= 0.6 is 0 Å². The summed E-state index contributed by atoms with van der Waals surface area (Å²) in [7, 11) is 0. The zero-order chi connectivity index (χ0) is 8.27. The van der Waals surface area contributed by atoms with Gasteiger partial charge >= 0.3 is 5.97 Å². The highest BCUT2D eigenvalue weighted by Gasteiger charge is 2.23. The maximum atomic E-state index is 10.9. The van der Waals surface area contributed by atoms with Crippen LogP contribution in [0.5, 0.6) is 0 Å². The molecule has 0 saturated carbocycles. The minimum atomic E-state index is -0.399. The molecule has 3 heteroatoms. The molecule has 0 radical (unpaired) electrons. The fourth-order valence-electron chi connectivity index (χ4n) is 1.08. The highest BCUT2D eigenvalue weighted by atomic mass is 16.6. The lowest BCUT2D eigenvalue weighted by atomic mass is 10.1. The molecular formula is C8H12O3. The van der Waals surface area contributed by atoms with Gasteiger partial charge in [-0.3, -0.25) is 0 Å². The van der Waals surface area contributed by atoms with Crippen LogP contribution in [0.3, 0.4) is 0 Å². The molecule has 0 unspecified atom stereocenters. The maximum absolute atomic E-state index is 10.9. The number of aliphatic hydroxyl groups is 1. The van der Waals surface area contributed by atoms with Crippen LogP contribution in [-0.4, -0.2) is 23.8 Å². The van der Waals surface area contributed by atoms with Crippen molar-refractivity contribution in [3.63, 3.8) is 0 Å². The number of ether oxygens (including phenoxy) is 1. The first-order valence-corrected chi connectivity index (χ1v) is 3.80. The van der Waals surface area contributed by atoms with E-state index in [1.807, 2.05) is 6.92 Å². The summed E-state index contributed by atoms with van der Waals surface area (Å²) < 4.78 is 4.79. The number of carbonyl (C=O) groups excluding carboxylic acids is 1. The third-order valence-electron chi connectivity index (χ3n) is 1.61. The average molecular weight is 156 g/mol. The Balaban J connectivity index is 2.55. The fourth-order valence-corrected chi connectivity index (χ4v) is 1.08. The number of carbonyl (C=O) groups is 1. The predicted octanol–water partition coefficient (Wildman–Crippen LogP) is 0.631. The summed E-state index contributed by atoms with van der Waals surface area (Å²) >= 11 is 0. The first-order chi connectivity index (χ1) is 5.27. The third kappa shape index (κ3) is 1.80. The molecule has 0 saturated heterocycles. The van der Waals surface area contributed by atoms with Crippen molar-refractivity contribution in [3.8, 4) is 0 Å². The fraction of sp³-hybridized carbons (Fsp3) is 0.625. The van der Waals surface area contributed by atoms with Crippen molar-refractivity contribution in [2.45, 2.75) is 25.9 Å². The summed E-state index contributed by atoms with van der Waals surface area (Å²) in [5.74, 6) is -0.272. The van der Waals surface area contributed by atoms with E-state index in [-0.39, 0.29) is 12.6 Å². The molecule has 3 nitrogen and oxygen atoms in total. The van der Waals surface area contributed by atoms with Gasteiger partial charge in [-0.1, -0.05) is 13.3 Å². The lowest BCUT2D eigenvalue weighted by molar-refractivity contribution is -0.141. The van der Waals surface area contributed by atoms with Gasteiger partial charge in [-0.2, -0.15) is 0 Å². The van der Waals surface area contributed by atoms with Crippen molar-refractivity contribution in [1.82, 2.24) is 0 Å². The van der Waals surface area contributed by atoms with Gasteiger partial charge in [-0.15, -0.1) is 0 Å². The zero-order valence-electron chi connectivity index (χ0n) is 6.54. The molecule has 0 aromatic rings. The van der Waals surface area contributed by atoms with Crippen LogP contribution in [0.25, 0.3) is 0 Å². The molecule has 62 valence electrons. The molecule has 1 rings (SSSR count). The zero-order valence-corrected chi connectivity index (χ0v) is 6.54. The second-order valence-corrected chi connectivity index (χ2v) is 2.57. The number of cyclic esters (lactones) is 1. The molecule has 0 bridgehead atoms. The van der Waals surface area contributed by atoms with E-state index in [4.69, 9.17) is 9.84 Å². The van der Waals surface area contributed by atoms with Crippen molar-refractivity contribution >= 4 is 5.97 Å². The van der Waals surface area contributed by atoms with E-state index in [1.165, 1.54) is 0 Å². The van der Waals surface area contributed by atoms with Crippen LogP contribution in [0, 0.1) is 0 Å². The Morgan fingerprint density at radius 2 is 2.45 bits per heavy atom. The maximum Gasteiger partial charge on any atom is 0.334 e. The summed E-state index contributed by atoms with van der Waals surface area (Å²) in [6.45, 7) is 1.89. The van der Waals surface area contributed by atoms with Crippen LogP contribution in [0.2, 0.25) is 0 Å². The minimum Gasteiger partial charge on any atom is -0.452 e. The Morgan fingerprint density at radius 1 is 1.73 bits per heavy atom. The summed E-state index contributed by atoms with van der Waals surface area (Å²) in [6.07, 6.45) is 2.98. The van der Waals surface area contributed by atoms with Crippen molar-refractivity contribution in [2.24, 2.45) is 0 Å². The molecule has 1 aliphatic rings. The second kappa shape index (κ2) is 3.53. The Hall–Kier alpha value is -0.830. The first kappa shape index (κ1) is 8.27. The van der Waals surface area contributed by atoms with E-state index >= 15 is 0 Å². The van der Waals surface area contributed by atoms with Crippen LogP contribution < -0.4 is 0 Å². The molecular weight excluding hydrogens is 144 g/mol. The first-order valence-electron chi connectivity index (χ1n) is 3.80. The van der Waals surface area contributed by atoms with E-state index in [2.05, 4.69) is 0 Å². The second-order valence-electron chi connectivity index (χ2n) is 2.57. The Kier molecular flexibility index (Phi) is 2.65. The monoisotopic (exact) mass is 156 g/mol. The van der Waals surface area contributed by atoms with Crippen LogP contribution in [-0.2, 0) is 9.53 Å². The lowest BCUT2D eigenvalue weighted by Crippen LogP contribution is -2.12. The molecule has 0 aromatic heterocycles. The summed E-state index contributed by atoms with van der Waals surface area (Å²) in [6, 6.07) is 0. The number of aliphatic hydroxyl groups excluding tert-OH is 1. The van der Waals surface area contributed by atoms with Gasteiger partial charge in [0.25, 0.3) is 0 Å². The SMILES string of the molecule is CCCC1=C[C@H](CO)OC1=O. The standard InChI is InChI=1S/C8H12O3/c1-2-3-6-4-7(5-9)11-8(6)10/h4,7,9H,2-3,5H2,1H3/t7-/m1/s1. The molecule has 0 spiro atoms. The Morgan fingerprint density at radius 3 is 2.91 bits per heavy atom. The van der Waals surface area contributed by atoms with Gasteiger partial charge < -0.3 is 9.84 Å².